The van der Waals surface area contributed by atoms with Crippen LogP contribution in [0.4, 0.5) is 0 Å². The topological polar surface area (TPSA) is 37.8 Å². The van der Waals surface area contributed by atoms with Gasteiger partial charge in [0.05, 0.1) is 11.4 Å². The van der Waals surface area contributed by atoms with Gasteiger partial charge in [0.1, 0.15) is 0 Å². The van der Waals surface area contributed by atoms with Crippen LogP contribution in [0, 0.1) is 0 Å². The largest absolute Gasteiger partial charge is 0.303 e. The Morgan fingerprint density at radius 2 is 1.81 bits per heavy atom. The van der Waals surface area contributed by atoms with Gasteiger partial charge in [-0.3, -0.25) is 9.97 Å². The van der Waals surface area contributed by atoms with Crippen molar-refractivity contribution in [2.75, 3.05) is 0 Å². The molecular formula is C13H15N3. The minimum atomic E-state index is 0.239. The maximum atomic E-state index is 4.31. The molecule has 0 radical (unpaired) electrons. The van der Waals surface area contributed by atoms with Gasteiger partial charge < -0.3 is 5.32 Å². The fourth-order valence-electron chi connectivity index (χ4n) is 1.50. The summed E-state index contributed by atoms with van der Waals surface area (Å²) in [6.07, 6.45) is 3.62. The van der Waals surface area contributed by atoms with Crippen LogP contribution in [-0.2, 0) is 6.54 Å². The van der Waals surface area contributed by atoms with Crippen LogP contribution in [-0.4, -0.2) is 9.97 Å². The zero-order chi connectivity index (χ0) is 11.2. The second-order valence-electron chi connectivity index (χ2n) is 3.68. The molecule has 0 saturated carbocycles. The molecule has 0 aliphatic carbocycles. The predicted octanol–water partition coefficient (Wildman–Crippen LogP) is 2.33. The van der Waals surface area contributed by atoms with Crippen molar-refractivity contribution >= 4 is 0 Å². The summed E-state index contributed by atoms with van der Waals surface area (Å²) in [7, 11) is 0. The van der Waals surface area contributed by atoms with Crippen LogP contribution in [0.15, 0.2) is 48.8 Å². The van der Waals surface area contributed by atoms with Gasteiger partial charge in [-0.05, 0) is 31.2 Å². The van der Waals surface area contributed by atoms with E-state index in [0.717, 1.165) is 17.9 Å². The van der Waals surface area contributed by atoms with Crippen LogP contribution in [0.5, 0.6) is 0 Å². The molecule has 0 aliphatic heterocycles. The van der Waals surface area contributed by atoms with E-state index in [1.54, 1.807) is 0 Å². The Balaban J connectivity index is 1.92. The SMILES string of the molecule is CC(NCc1ccccn1)c1ccccn1. The predicted molar refractivity (Wildman–Crippen MR) is 63.7 cm³/mol. The van der Waals surface area contributed by atoms with Crippen molar-refractivity contribution in [3.63, 3.8) is 0 Å². The Morgan fingerprint density at radius 3 is 2.44 bits per heavy atom. The first-order chi connectivity index (χ1) is 7.86. The molecule has 1 N–H and O–H groups in total. The van der Waals surface area contributed by atoms with Crippen molar-refractivity contribution in [1.29, 1.82) is 0 Å². The average Bonchev–Trinajstić information content (AvgIpc) is 2.38. The van der Waals surface area contributed by atoms with Crippen molar-refractivity contribution < 1.29 is 0 Å². The van der Waals surface area contributed by atoms with Gasteiger partial charge in [0.25, 0.3) is 0 Å². The Hall–Kier alpha value is -1.74. The van der Waals surface area contributed by atoms with Crippen molar-refractivity contribution in [2.24, 2.45) is 0 Å². The van der Waals surface area contributed by atoms with Gasteiger partial charge in [0.15, 0.2) is 0 Å². The third-order valence-corrected chi connectivity index (χ3v) is 2.45. The number of aromatic nitrogens is 2. The summed E-state index contributed by atoms with van der Waals surface area (Å²) in [6, 6.07) is 12.1. The van der Waals surface area contributed by atoms with E-state index in [0.29, 0.717) is 0 Å². The van der Waals surface area contributed by atoms with Crippen molar-refractivity contribution in [2.45, 2.75) is 19.5 Å². The molecule has 3 nitrogen and oxygen atoms in total. The van der Waals surface area contributed by atoms with Crippen LogP contribution in [0.1, 0.15) is 24.4 Å². The lowest BCUT2D eigenvalue weighted by molar-refractivity contribution is 0.555. The van der Waals surface area contributed by atoms with Crippen LogP contribution in [0.2, 0.25) is 0 Å². The first-order valence-electron chi connectivity index (χ1n) is 5.40. The molecule has 0 aromatic carbocycles. The molecule has 3 heteroatoms. The number of nitrogens with zero attached hydrogens (tertiary/aromatic N) is 2. The van der Waals surface area contributed by atoms with Crippen molar-refractivity contribution in [3.8, 4) is 0 Å². The molecule has 1 atom stereocenters. The van der Waals surface area contributed by atoms with Gasteiger partial charge in [-0.1, -0.05) is 12.1 Å². The summed E-state index contributed by atoms with van der Waals surface area (Å²) < 4.78 is 0. The number of rotatable bonds is 4. The highest BCUT2D eigenvalue weighted by Gasteiger charge is 2.04. The second-order valence-corrected chi connectivity index (χ2v) is 3.68. The van der Waals surface area contributed by atoms with E-state index in [1.165, 1.54) is 0 Å². The number of hydrogen-bond donors (Lipinski definition) is 1. The average molecular weight is 213 g/mol. The minimum absolute atomic E-state index is 0.239. The molecule has 2 rings (SSSR count). The first kappa shape index (κ1) is 10.8. The van der Waals surface area contributed by atoms with Gasteiger partial charge in [-0.2, -0.15) is 0 Å². The molecular weight excluding hydrogens is 198 g/mol. The molecule has 0 aliphatic rings. The zero-order valence-corrected chi connectivity index (χ0v) is 9.30. The van der Waals surface area contributed by atoms with Crippen LogP contribution in [0.25, 0.3) is 0 Å². The Labute approximate surface area is 95.6 Å². The molecule has 2 aromatic rings. The number of nitrogens with one attached hydrogen (secondary N) is 1. The number of hydrogen-bond acceptors (Lipinski definition) is 3. The van der Waals surface area contributed by atoms with E-state index in [1.807, 2.05) is 48.8 Å². The van der Waals surface area contributed by atoms with Crippen LogP contribution >= 0.6 is 0 Å². The summed E-state index contributed by atoms with van der Waals surface area (Å²) >= 11 is 0. The summed E-state index contributed by atoms with van der Waals surface area (Å²) in [4.78, 5) is 8.57. The second kappa shape index (κ2) is 5.37. The molecule has 16 heavy (non-hydrogen) atoms. The van der Waals surface area contributed by atoms with Crippen LogP contribution < -0.4 is 5.32 Å². The quantitative estimate of drug-likeness (QED) is 0.847. The van der Waals surface area contributed by atoms with E-state index >= 15 is 0 Å². The molecule has 0 fully saturated rings. The maximum absolute atomic E-state index is 4.31. The van der Waals surface area contributed by atoms with Gasteiger partial charge in [-0.15, -0.1) is 0 Å². The van der Waals surface area contributed by atoms with E-state index < -0.39 is 0 Å². The highest BCUT2D eigenvalue weighted by Crippen LogP contribution is 2.08. The summed E-state index contributed by atoms with van der Waals surface area (Å²) in [5.74, 6) is 0. The molecule has 2 aromatic heterocycles. The molecule has 82 valence electrons. The van der Waals surface area contributed by atoms with Gasteiger partial charge in [-0.25, -0.2) is 0 Å². The van der Waals surface area contributed by atoms with E-state index in [9.17, 15) is 0 Å². The molecule has 0 amide bonds. The molecule has 0 spiro atoms. The van der Waals surface area contributed by atoms with Crippen molar-refractivity contribution in [3.05, 3.63) is 60.2 Å². The maximum Gasteiger partial charge on any atom is 0.0570 e. The highest BCUT2D eigenvalue weighted by molar-refractivity contribution is 5.09. The highest BCUT2D eigenvalue weighted by atomic mass is 14.9. The summed E-state index contributed by atoms with van der Waals surface area (Å²) in [5, 5.41) is 3.39. The van der Waals surface area contributed by atoms with E-state index in [-0.39, 0.29) is 6.04 Å². The molecule has 1 unspecified atom stereocenters. The minimum Gasteiger partial charge on any atom is -0.303 e. The fourth-order valence-corrected chi connectivity index (χ4v) is 1.50. The number of pyridine rings is 2. The molecule has 0 bridgehead atoms. The summed E-state index contributed by atoms with van der Waals surface area (Å²) in [6.45, 7) is 2.86. The lowest BCUT2D eigenvalue weighted by atomic mass is 10.2. The van der Waals surface area contributed by atoms with Crippen LogP contribution in [0.3, 0.4) is 0 Å². The van der Waals surface area contributed by atoms with E-state index in [2.05, 4.69) is 22.2 Å². The normalized spacial score (nSPS) is 12.3. The van der Waals surface area contributed by atoms with Crippen molar-refractivity contribution in [1.82, 2.24) is 15.3 Å². The lowest BCUT2D eigenvalue weighted by Crippen LogP contribution is -2.19. The first-order valence-corrected chi connectivity index (χ1v) is 5.40. The van der Waals surface area contributed by atoms with Gasteiger partial charge >= 0.3 is 0 Å². The summed E-state index contributed by atoms with van der Waals surface area (Å²) in [5.41, 5.74) is 2.10. The third-order valence-electron chi connectivity index (χ3n) is 2.45. The lowest BCUT2D eigenvalue weighted by Gasteiger charge is -2.12. The monoisotopic (exact) mass is 213 g/mol. The Morgan fingerprint density at radius 1 is 1.06 bits per heavy atom. The van der Waals surface area contributed by atoms with E-state index in [4.69, 9.17) is 0 Å². The molecule has 2 heterocycles. The Kier molecular flexibility index (Phi) is 3.62. The zero-order valence-electron chi connectivity index (χ0n) is 9.30. The van der Waals surface area contributed by atoms with Gasteiger partial charge in [0, 0.05) is 25.0 Å². The Bertz CT molecular complexity index is 414. The third kappa shape index (κ3) is 2.87. The smallest absolute Gasteiger partial charge is 0.0570 e. The fraction of sp³-hybridized carbons (Fsp3) is 0.231. The standard InChI is InChI=1S/C13H15N3/c1-11(13-7-3-5-9-15-13)16-10-12-6-2-4-8-14-12/h2-9,11,16H,10H2,1H3. The molecule has 0 saturated heterocycles. The van der Waals surface area contributed by atoms with Gasteiger partial charge in [0.2, 0.25) is 0 Å².